The molecule has 90 valence electrons. The van der Waals surface area contributed by atoms with Crippen LogP contribution in [0.15, 0.2) is 17.8 Å². The van der Waals surface area contributed by atoms with Gasteiger partial charge in [0.05, 0.1) is 5.39 Å². The van der Waals surface area contributed by atoms with Crippen LogP contribution in [0.2, 0.25) is 0 Å². The first kappa shape index (κ1) is 10.9. The lowest BCUT2D eigenvalue weighted by Gasteiger charge is -2.17. The highest BCUT2D eigenvalue weighted by Crippen LogP contribution is 2.30. The molecule has 0 radical (unpaired) electrons. The molecule has 1 aliphatic rings. The second kappa shape index (κ2) is 4.58. The summed E-state index contributed by atoms with van der Waals surface area (Å²) in [6.45, 7) is 2.32. The Morgan fingerprint density at radius 1 is 1.47 bits per heavy atom. The fraction of sp³-hybridized carbons (Fsp3) is 0.500. The van der Waals surface area contributed by atoms with Crippen molar-refractivity contribution >= 4 is 27.4 Å². The maximum absolute atomic E-state index is 8.98. The SMILES string of the molecule is OCCC1CCN(c2ncnc3sccc23)C1. The Bertz CT molecular complexity index is 513. The highest BCUT2D eigenvalue weighted by Gasteiger charge is 2.24. The lowest BCUT2D eigenvalue weighted by atomic mass is 10.1. The third-order valence-corrected chi connectivity index (χ3v) is 4.18. The van der Waals surface area contributed by atoms with Crippen LogP contribution in [0.1, 0.15) is 12.8 Å². The number of hydrogen-bond donors (Lipinski definition) is 1. The Morgan fingerprint density at radius 3 is 3.29 bits per heavy atom. The number of thiophene rings is 1. The van der Waals surface area contributed by atoms with Gasteiger partial charge >= 0.3 is 0 Å². The quantitative estimate of drug-likeness (QED) is 0.902. The van der Waals surface area contributed by atoms with Crippen LogP contribution < -0.4 is 4.90 Å². The summed E-state index contributed by atoms with van der Waals surface area (Å²) in [5, 5.41) is 12.2. The van der Waals surface area contributed by atoms with Crippen molar-refractivity contribution in [2.24, 2.45) is 5.92 Å². The molecule has 0 amide bonds. The molecule has 1 atom stereocenters. The topological polar surface area (TPSA) is 49.2 Å². The average molecular weight is 249 g/mol. The van der Waals surface area contributed by atoms with E-state index in [2.05, 4.69) is 26.3 Å². The van der Waals surface area contributed by atoms with Gasteiger partial charge in [-0.05, 0) is 30.2 Å². The standard InChI is InChI=1S/C12H15N3OS/c16-5-2-9-1-4-15(7-9)11-10-3-6-17-12(10)14-8-13-11/h3,6,8-9,16H,1-2,4-5,7H2. The van der Waals surface area contributed by atoms with E-state index >= 15 is 0 Å². The number of aliphatic hydroxyl groups is 1. The van der Waals surface area contributed by atoms with Crippen LogP contribution in [0.4, 0.5) is 5.82 Å². The molecular formula is C12H15N3OS. The van der Waals surface area contributed by atoms with Crippen LogP contribution >= 0.6 is 11.3 Å². The number of aromatic nitrogens is 2. The van der Waals surface area contributed by atoms with Crippen molar-refractivity contribution < 1.29 is 5.11 Å². The lowest BCUT2D eigenvalue weighted by Crippen LogP contribution is -2.21. The smallest absolute Gasteiger partial charge is 0.140 e. The fourth-order valence-electron chi connectivity index (χ4n) is 2.47. The Hall–Kier alpha value is -1.20. The van der Waals surface area contributed by atoms with Crippen molar-refractivity contribution in [3.63, 3.8) is 0 Å². The molecule has 1 N–H and O–H groups in total. The van der Waals surface area contributed by atoms with Gasteiger partial charge in [0.1, 0.15) is 17.0 Å². The predicted octanol–water partition coefficient (Wildman–Crippen LogP) is 1.90. The molecule has 3 rings (SSSR count). The number of nitrogens with zero attached hydrogens (tertiary/aromatic N) is 3. The highest BCUT2D eigenvalue weighted by molar-refractivity contribution is 7.16. The van der Waals surface area contributed by atoms with E-state index in [1.807, 2.05) is 0 Å². The van der Waals surface area contributed by atoms with Gasteiger partial charge in [0, 0.05) is 19.7 Å². The molecule has 4 nitrogen and oxygen atoms in total. The van der Waals surface area contributed by atoms with Gasteiger partial charge in [-0.1, -0.05) is 0 Å². The highest BCUT2D eigenvalue weighted by atomic mass is 32.1. The Morgan fingerprint density at radius 2 is 2.41 bits per heavy atom. The summed E-state index contributed by atoms with van der Waals surface area (Å²) in [5.74, 6) is 1.65. The van der Waals surface area contributed by atoms with E-state index in [4.69, 9.17) is 5.11 Å². The van der Waals surface area contributed by atoms with E-state index in [-0.39, 0.29) is 6.61 Å². The summed E-state index contributed by atoms with van der Waals surface area (Å²) in [6, 6.07) is 2.09. The summed E-state index contributed by atoms with van der Waals surface area (Å²) in [4.78, 5) is 12.1. The predicted molar refractivity (Wildman–Crippen MR) is 69.4 cm³/mol. The van der Waals surface area contributed by atoms with Crippen LogP contribution in [0, 0.1) is 5.92 Å². The number of aliphatic hydroxyl groups excluding tert-OH is 1. The van der Waals surface area contributed by atoms with Crippen LogP contribution in [-0.4, -0.2) is 34.8 Å². The molecule has 2 aromatic heterocycles. The van der Waals surface area contributed by atoms with Crippen molar-refractivity contribution in [1.82, 2.24) is 9.97 Å². The Kier molecular flexibility index (Phi) is 2.94. The monoisotopic (exact) mass is 249 g/mol. The average Bonchev–Trinajstić information content (AvgIpc) is 2.96. The molecule has 0 saturated carbocycles. The van der Waals surface area contributed by atoms with E-state index in [9.17, 15) is 0 Å². The van der Waals surface area contributed by atoms with Crippen molar-refractivity contribution in [2.75, 3.05) is 24.6 Å². The van der Waals surface area contributed by atoms with Gasteiger partial charge in [-0.2, -0.15) is 0 Å². The van der Waals surface area contributed by atoms with Crippen molar-refractivity contribution in [3.05, 3.63) is 17.8 Å². The molecule has 1 unspecified atom stereocenters. The second-order valence-electron chi connectivity index (χ2n) is 4.45. The zero-order valence-electron chi connectivity index (χ0n) is 9.54. The minimum absolute atomic E-state index is 0.288. The minimum atomic E-state index is 0.288. The zero-order chi connectivity index (χ0) is 11.7. The maximum Gasteiger partial charge on any atom is 0.140 e. The van der Waals surface area contributed by atoms with Gasteiger partial charge in [0.2, 0.25) is 0 Å². The molecule has 17 heavy (non-hydrogen) atoms. The molecule has 0 bridgehead atoms. The third kappa shape index (κ3) is 2.00. The van der Waals surface area contributed by atoms with Gasteiger partial charge in [-0.15, -0.1) is 11.3 Å². The van der Waals surface area contributed by atoms with E-state index in [1.54, 1.807) is 17.7 Å². The molecule has 1 fully saturated rings. The van der Waals surface area contributed by atoms with Crippen LogP contribution in [0.5, 0.6) is 0 Å². The van der Waals surface area contributed by atoms with Crippen LogP contribution in [-0.2, 0) is 0 Å². The Labute approximate surface area is 104 Å². The second-order valence-corrected chi connectivity index (χ2v) is 5.34. The van der Waals surface area contributed by atoms with Crippen molar-refractivity contribution in [3.8, 4) is 0 Å². The van der Waals surface area contributed by atoms with Crippen LogP contribution in [0.25, 0.3) is 10.2 Å². The molecule has 5 heteroatoms. The minimum Gasteiger partial charge on any atom is -0.396 e. The van der Waals surface area contributed by atoms with Gasteiger partial charge in [-0.25, -0.2) is 9.97 Å². The van der Waals surface area contributed by atoms with Crippen molar-refractivity contribution in [2.45, 2.75) is 12.8 Å². The van der Waals surface area contributed by atoms with E-state index < -0.39 is 0 Å². The van der Waals surface area contributed by atoms with E-state index in [0.717, 1.165) is 42.0 Å². The summed E-state index contributed by atoms with van der Waals surface area (Å²) in [5.41, 5.74) is 0. The number of rotatable bonds is 3. The fourth-order valence-corrected chi connectivity index (χ4v) is 3.20. The summed E-state index contributed by atoms with van der Waals surface area (Å²) in [7, 11) is 0. The maximum atomic E-state index is 8.98. The molecular weight excluding hydrogens is 234 g/mol. The molecule has 0 aromatic carbocycles. The van der Waals surface area contributed by atoms with Crippen molar-refractivity contribution in [1.29, 1.82) is 0 Å². The number of anilines is 1. The number of hydrogen-bond acceptors (Lipinski definition) is 5. The lowest BCUT2D eigenvalue weighted by molar-refractivity contribution is 0.263. The first-order chi connectivity index (χ1) is 8.38. The van der Waals surface area contributed by atoms with Gasteiger partial charge < -0.3 is 10.0 Å². The first-order valence-electron chi connectivity index (χ1n) is 5.92. The Balaban J connectivity index is 1.87. The molecule has 0 spiro atoms. The van der Waals surface area contributed by atoms with Gasteiger partial charge in [0.15, 0.2) is 0 Å². The van der Waals surface area contributed by atoms with Gasteiger partial charge in [-0.3, -0.25) is 0 Å². The molecule has 1 saturated heterocycles. The molecule has 3 heterocycles. The summed E-state index contributed by atoms with van der Waals surface area (Å²) in [6.07, 6.45) is 3.69. The third-order valence-electron chi connectivity index (χ3n) is 3.36. The number of fused-ring (bicyclic) bond motifs is 1. The van der Waals surface area contributed by atoms with Crippen LogP contribution in [0.3, 0.4) is 0 Å². The van der Waals surface area contributed by atoms with E-state index in [0.29, 0.717) is 5.92 Å². The molecule has 0 aliphatic carbocycles. The van der Waals surface area contributed by atoms with Gasteiger partial charge in [0.25, 0.3) is 0 Å². The largest absolute Gasteiger partial charge is 0.396 e. The normalized spacial score (nSPS) is 20.3. The molecule has 2 aromatic rings. The summed E-state index contributed by atoms with van der Waals surface area (Å²) >= 11 is 1.65. The first-order valence-corrected chi connectivity index (χ1v) is 6.80. The van der Waals surface area contributed by atoms with E-state index in [1.165, 1.54) is 0 Å². The zero-order valence-corrected chi connectivity index (χ0v) is 10.4. The molecule has 1 aliphatic heterocycles. The summed E-state index contributed by atoms with van der Waals surface area (Å²) < 4.78 is 0.